The normalized spacial score (nSPS) is 11.9. The lowest BCUT2D eigenvalue weighted by molar-refractivity contribution is -0.140. The lowest BCUT2D eigenvalue weighted by atomic mass is 10.0. The molecule has 2 amide bonds. The molecule has 0 saturated carbocycles. The lowest BCUT2D eigenvalue weighted by Crippen LogP contribution is -2.53. The molecule has 0 unspecified atom stereocenters. The van der Waals surface area contributed by atoms with Crippen molar-refractivity contribution in [3.8, 4) is 5.75 Å². The molecule has 0 heterocycles. The van der Waals surface area contributed by atoms with E-state index in [1.807, 2.05) is 37.3 Å². The van der Waals surface area contributed by atoms with Gasteiger partial charge in [0.05, 0.1) is 19.1 Å². The second kappa shape index (κ2) is 14.7. The van der Waals surface area contributed by atoms with Crippen LogP contribution in [-0.4, -0.2) is 57.6 Å². The third-order valence-corrected chi connectivity index (χ3v) is 7.93. The van der Waals surface area contributed by atoms with Crippen molar-refractivity contribution in [3.05, 3.63) is 95.0 Å². The first-order valence-electron chi connectivity index (χ1n) is 13.1. The maximum atomic E-state index is 14.1. The number of rotatable bonds is 14. The van der Waals surface area contributed by atoms with E-state index in [1.54, 1.807) is 48.5 Å². The standard InChI is InChI=1S/C30H36ClN3O5S/c1-4-5-18-32-30(36)28(19-23-12-7-6-8-13-23)33(21-24-14-9-10-17-27(24)31)29(35)22-34(40(3,37)38)25-15-11-16-26(20-25)39-2/h6-17,20,28H,4-5,18-19,21-22H2,1-3H3,(H,32,36)/t28-/m1/s1. The highest BCUT2D eigenvalue weighted by molar-refractivity contribution is 7.92. The molecule has 0 fully saturated rings. The number of unbranched alkanes of at least 4 members (excludes halogenated alkanes) is 1. The second-order valence-corrected chi connectivity index (χ2v) is 11.7. The average Bonchev–Trinajstić information content (AvgIpc) is 2.94. The minimum absolute atomic E-state index is 0.0208. The summed E-state index contributed by atoms with van der Waals surface area (Å²) in [6.45, 7) is 2.00. The second-order valence-electron chi connectivity index (χ2n) is 9.43. The number of halogens is 1. The Bertz CT molecular complexity index is 1380. The van der Waals surface area contributed by atoms with Gasteiger partial charge in [0, 0.05) is 30.6 Å². The van der Waals surface area contributed by atoms with Crippen molar-refractivity contribution < 1.29 is 22.7 Å². The van der Waals surface area contributed by atoms with Gasteiger partial charge in [0.2, 0.25) is 21.8 Å². The first-order chi connectivity index (χ1) is 19.1. The summed E-state index contributed by atoms with van der Waals surface area (Å²) in [5, 5.41) is 3.40. The molecule has 0 aromatic heterocycles. The maximum absolute atomic E-state index is 14.1. The number of carbonyl (C=O) groups excluding carboxylic acids is 2. The molecular weight excluding hydrogens is 550 g/mol. The van der Waals surface area contributed by atoms with Gasteiger partial charge in [-0.2, -0.15) is 0 Å². The number of ether oxygens (including phenoxy) is 1. The molecule has 0 aliphatic heterocycles. The molecule has 214 valence electrons. The Morgan fingerprint density at radius 1 is 1.00 bits per heavy atom. The summed E-state index contributed by atoms with van der Waals surface area (Å²) in [5.74, 6) is -0.409. The number of methoxy groups -OCH3 is 1. The molecule has 3 aromatic rings. The number of benzene rings is 3. The molecule has 0 saturated heterocycles. The molecule has 3 aromatic carbocycles. The van der Waals surface area contributed by atoms with Crippen LogP contribution in [0.15, 0.2) is 78.9 Å². The maximum Gasteiger partial charge on any atom is 0.244 e. The topological polar surface area (TPSA) is 96.0 Å². The van der Waals surface area contributed by atoms with Crippen molar-refractivity contribution in [1.82, 2.24) is 10.2 Å². The Labute approximate surface area is 241 Å². The summed E-state index contributed by atoms with van der Waals surface area (Å²) >= 11 is 6.47. The number of sulfonamides is 1. The third-order valence-electron chi connectivity index (χ3n) is 6.42. The molecule has 0 aliphatic carbocycles. The van der Waals surface area contributed by atoms with Gasteiger partial charge in [0.25, 0.3) is 0 Å². The number of anilines is 1. The molecule has 1 atom stereocenters. The van der Waals surface area contributed by atoms with Gasteiger partial charge in [-0.15, -0.1) is 0 Å². The smallest absolute Gasteiger partial charge is 0.244 e. The van der Waals surface area contributed by atoms with Crippen LogP contribution in [0.5, 0.6) is 5.75 Å². The molecule has 0 bridgehead atoms. The van der Waals surface area contributed by atoms with Crippen molar-refractivity contribution >= 4 is 39.1 Å². The van der Waals surface area contributed by atoms with Crippen molar-refractivity contribution in [2.24, 2.45) is 0 Å². The van der Waals surface area contributed by atoms with E-state index in [9.17, 15) is 18.0 Å². The highest BCUT2D eigenvalue weighted by atomic mass is 35.5. The lowest BCUT2D eigenvalue weighted by Gasteiger charge is -2.33. The zero-order chi connectivity index (χ0) is 29.1. The average molecular weight is 586 g/mol. The fourth-order valence-electron chi connectivity index (χ4n) is 4.25. The van der Waals surface area contributed by atoms with E-state index in [0.29, 0.717) is 22.9 Å². The number of hydrogen-bond donors (Lipinski definition) is 1. The Kier molecular flexibility index (Phi) is 11.4. The quantitative estimate of drug-likeness (QED) is 0.277. The molecule has 8 nitrogen and oxygen atoms in total. The summed E-state index contributed by atoms with van der Waals surface area (Å²) in [6, 6.07) is 22.1. The zero-order valence-electron chi connectivity index (χ0n) is 23.0. The van der Waals surface area contributed by atoms with Crippen LogP contribution in [-0.2, 0) is 32.6 Å². The number of nitrogens with one attached hydrogen (secondary N) is 1. The largest absolute Gasteiger partial charge is 0.497 e. The third kappa shape index (κ3) is 8.72. The van der Waals surface area contributed by atoms with Crippen molar-refractivity contribution in [2.45, 2.75) is 38.8 Å². The minimum atomic E-state index is -3.87. The molecule has 3 rings (SSSR count). The van der Waals surface area contributed by atoms with Gasteiger partial charge in [0.1, 0.15) is 18.3 Å². The van der Waals surface area contributed by atoms with E-state index in [1.165, 1.54) is 12.0 Å². The highest BCUT2D eigenvalue weighted by Gasteiger charge is 2.33. The van der Waals surface area contributed by atoms with Gasteiger partial charge >= 0.3 is 0 Å². The van der Waals surface area contributed by atoms with Gasteiger partial charge in [-0.1, -0.05) is 79.5 Å². The van der Waals surface area contributed by atoms with Crippen LogP contribution in [0.1, 0.15) is 30.9 Å². The van der Waals surface area contributed by atoms with E-state index in [4.69, 9.17) is 16.3 Å². The SMILES string of the molecule is CCCCNC(=O)[C@@H](Cc1ccccc1)N(Cc1ccccc1Cl)C(=O)CN(c1cccc(OC)c1)S(C)(=O)=O. The first kappa shape index (κ1) is 31.0. The van der Waals surface area contributed by atoms with Gasteiger partial charge in [-0.25, -0.2) is 8.42 Å². The number of hydrogen-bond acceptors (Lipinski definition) is 5. The van der Waals surface area contributed by atoms with Crippen LogP contribution in [0.2, 0.25) is 5.02 Å². The van der Waals surface area contributed by atoms with Crippen LogP contribution in [0.25, 0.3) is 0 Å². The molecule has 1 N–H and O–H groups in total. The van der Waals surface area contributed by atoms with E-state index in [2.05, 4.69) is 5.32 Å². The van der Waals surface area contributed by atoms with Crippen LogP contribution in [0, 0.1) is 0 Å². The Hall–Kier alpha value is -3.56. The van der Waals surface area contributed by atoms with Crippen LogP contribution < -0.4 is 14.4 Å². The molecule has 10 heteroatoms. The van der Waals surface area contributed by atoms with Crippen molar-refractivity contribution in [2.75, 3.05) is 30.8 Å². The van der Waals surface area contributed by atoms with E-state index >= 15 is 0 Å². The van der Waals surface area contributed by atoms with Gasteiger partial charge in [-0.05, 0) is 35.7 Å². The van der Waals surface area contributed by atoms with Crippen LogP contribution in [0.3, 0.4) is 0 Å². The predicted molar refractivity (Wildman–Crippen MR) is 159 cm³/mol. The monoisotopic (exact) mass is 585 g/mol. The zero-order valence-corrected chi connectivity index (χ0v) is 24.6. The van der Waals surface area contributed by atoms with Crippen molar-refractivity contribution in [1.29, 1.82) is 0 Å². The molecule has 0 radical (unpaired) electrons. The molecular formula is C30H36ClN3O5S. The number of carbonyl (C=O) groups is 2. The number of nitrogens with zero attached hydrogens (tertiary/aromatic N) is 2. The summed E-state index contributed by atoms with van der Waals surface area (Å²) in [6.07, 6.45) is 2.97. The molecule has 0 spiro atoms. The Morgan fingerprint density at radius 3 is 2.35 bits per heavy atom. The highest BCUT2D eigenvalue weighted by Crippen LogP contribution is 2.25. The summed E-state index contributed by atoms with van der Waals surface area (Å²) < 4.78 is 32.1. The van der Waals surface area contributed by atoms with Crippen molar-refractivity contribution in [3.63, 3.8) is 0 Å². The summed E-state index contributed by atoms with van der Waals surface area (Å²) in [7, 11) is -2.39. The fraction of sp³-hybridized carbons (Fsp3) is 0.333. The first-order valence-corrected chi connectivity index (χ1v) is 15.3. The summed E-state index contributed by atoms with van der Waals surface area (Å²) in [4.78, 5) is 29.1. The molecule has 40 heavy (non-hydrogen) atoms. The fourth-order valence-corrected chi connectivity index (χ4v) is 5.29. The Morgan fingerprint density at radius 2 is 1.70 bits per heavy atom. The van der Waals surface area contributed by atoms with Crippen LogP contribution >= 0.6 is 11.6 Å². The molecule has 0 aliphatic rings. The van der Waals surface area contributed by atoms with E-state index in [-0.39, 0.29) is 24.6 Å². The van der Waals surface area contributed by atoms with E-state index in [0.717, 1.165) is 29.0 Å². The van der Waals surface area contributed by atoms with Crippen LogP contribution in [0.4, 0.5) is 5.69 Å². The van der Waals surface area contributed by atoms with Gasteiger partial charge in [-0.3, -0.25) is 13.9 Å². The summed E-state index contributed by atoms with van der Waals surface area (Å²) in [5.41, 5.74) is 1.78. The van der Waals surface area contributed by atoms with E-state index < -0.39 is 28.5 Å². The van der Waals surface area contributed by atoms with Gasteiger partial charge in [0.15, 0.2) is 0 Å². The van der Waals surface area contributed by atoms with Gasteiger partial charge < -0.3 is 15.0 Å². The number of amides is 2. The Balaban J connectivity index is 2.05. The minimum Gasteiger partial charge on any atom is -0.497 e. The predicted octanol–water partition coefficient (Wildman–Crippen LogP) is 4.67.